The molecule has 2 saturated carbocycles. The minimum atomic E-state index is 0.0185. The molecule has 0 heterocycles. The van der Waals surface area contributed by atoms with Crippen molar-refractivity contribution >= 4 is 6.03 Å². The van der Waals surface area contributed by atoms with Gasteiger partial charge in [0.05, 0.1) is 0 Å². The van der Waals surface area contributed by atoms with E-state index in [-0.39, 0.29) is 11.6 Å². The molecular formula is C13H25N3O. The van der Waals surface area contributed by atoms with E-state index in [0.29, 0.717) is 6.04 Å². The molecule has 0 unspecified atom stereocenters. The Hall–Kier alpha value is -0.770. The van der Waals surface area contributed by atoms with Gasteiger partial charge in [0.15, 0.2) is 0 Å². The van der Waals surface area contributed by atoms with Gasteiger partial charge in [-0.3, -0.25) is 0 Å². The zero-order valence-corrected chi connectivity index (χ0v) is 11.1. The minimum Gasteiger partial charge on any atom is -0.336 e. The monoisotopic (exact) mass is 239 g/mol. The van der Waals surface area contributed by atoms with Gasteiger partial charge in [-0.05, 0) is 46.2 Å². The second kappa shape index (κ2) is 5.25. The molecule has 0 aromatic rings. The normalized spacial score (nSPS) is 23.5. The number of carbonyl (C=O) groups is 1. The second-order valence-electron chi connectivity index (χ2n) is 5.78. The molecule has 0 aromatic carbocycles. The van der Waals surface area contributed by atoms with Gasteiger partial charge < -0.3 is 15.5 Å². The van der Waals surface area contributed by atoms with Gasteiger partial charge in [0.2, 0.25) is 0 Å². The van der Waals surface area contributed by atoms with Crippen molar-refractivity contribution in [1.29, 1.82) is 0 Å². The van der Waals surface area contributed by atoms with E-state index in [9.17, 15) is 4.79 Å². The molecule has 4 heteroatoms. The van der Waals surface area contributed by atoms with E-state index in [1.54, 1.807) is 0 Å². The molecule has 2 N–H and O–H groups in total. The van der Waals surface area contributed by atoms with E-state index in [1.165, 1.54) is 32.1 Å². The summed E-state index contributed by atoms with van der Waals surface area (Å²) < 4.78 is 0. The molecule has 0 spiro atoms. The van der Waals surface area contributed by atoms with Gasteiger partial charge in [0, 0.05) is 18.1 Å². The summed E-state index contributed by atoms with van der Waals surface area (Å²) in [5.74, 6) is 0. The third-order valence-corrected chi connectivity index (χ3v) is 4.50. The van der Waals surface area contributed by atoms with Crippen LogP contribution in [0.3, 0.4) is 0 Å². The lowest BCUT2D eigenvalue weighted by atomic mass is 9.75. The molecule has 2 amide bonds. The quantitative estimate of drug-likeness (QED) is 0.784. The van der Waals surface area contributed by atoms with Crippen LogP contribution in [0.5, 0.6) is 0 Å². The summed E-state index contributed by atoms with van der Waals surface area (Å²) in [4.78, 5) is 14.0. The molecule has 4 nitrogen and oxygen atoms in total. The fourth-order valence-corrected chi connectivity index (χ4v) is 2.92. The summed E-state index contributed by atoms with van der Waals surface area (Å²) in [5.41, 5.74) is 0.215. The zero-order valence-electron chi connectivity index (χ0n) is 11.1. The maximum atomic E-state index is 11.8. The average Bonchev–Trinajstić information content (AvgIpc) is 2.68. The SMILES string of the molecule is CN(C)C1(CNC(=O)NC2CCCC2)CCC1. The average molecular weight is 239 g/mol. The van der Waals surface area contributed by atoms with Crippen LogP contribution >= 0.6 is 0 Å². The smallest absolute Gasteiger partial charge is 0.315 e. The summed E-state index contributed by atoms with van der Waals surface area (Å²) in [5, 5.41) is 6.11. The molecule has 0 saturated heterocycles. The maximum Gasteiger partial charge on any atom is 0.315 e. The van der Waals surface area contributed by atoms with E-state index < -0.39 is 0 Å². The largest absolute Gasteiger partial charge is 0.336 e. The van der Waals surface area contributed by atoms with Crippen molar-refractivity contribution in [3.63, 3.8) is 0 Å². The molecule has 2 rings (SSSR count). The Balaban J connectivity index is 1.71. The first kappa shape index (κ1) is 12.7. The Morgan fingerprint density at radius 2 is 1.88 bits per heavy atom. The first-order chi connectivity index (χ1) is 8.12. The van der Waals surface area contributed by atoms with E-state index in [2.05, 4.69) is 29.6 Å². The lowest BCUT2D eigenvalue weighted by Gasteiger charge is -2.47. The van der Waals surface area contributed by atoms with Crippen molar-refractivity contribution in [2.24, 2.45) is 0 Å². The topological polar surface area (TPSA) is 44.4 Å². The molecule has 2 aliphatic carbocycles. The van der Waals surface area contributed by atoms with Crippen molar-refractivity contribution in [3.8, 4) is 0 Å². The van der Waals surface area contributed by atoms with Crippen molar-refractivity contribution in [3.05, 3.63) is 0 Å². The van der Waals surface area contributed by atoms with Crippen molar-refractivity contribution in [2.45, 2.75) is 56.5 Å². The number of likely N-dealkylation sites (N-methyl/N-ethyl adjacent to an activating group) is 1. The van der Waals surface area contributed by atoms with E-state index >= 15 is 0 Å². The highest BCUT2D eigenvalue weighted by Crippen LogP contribution is 2.35. The number of hydrogen-bond donors (Lipinski definition) is 2. The number of amides is 2. The molecule has 0 radical (unpaired) electrons. The van der Waals surface area contributed by atoms with Crippen LogP contribution in [-0.2, 0) is 0 Å². The molecule has 2 fully saturated rings. The number of hydrogen-bond acceptors (Lipinski definition) is 2. The third-order valence-electron chi connectivity index (χ3n) is 4.50. The Kier molecular flexibility index (Phi) is 3.92. The van der Waals surface area contributed by atoms with Crippen molar-refractivity contribution in [1.82, 2.24) is 15.5 Å². The van der Waals surface area contributed by atoms with Crippen LogP contribution in [0.4, 0.5) is 4.79 Å². The van der Waals surface area contributed by atoms with Gasteiger partial charge in [0.25, 0.3) is 0 Å². The minimum absolute atomic E-state index is 0.0185. The Morgan fingerprint density at radius 1 is 1.24 bits per heavy atom. The van der Waals surface area contributed by atoms with Gasteiger partial charge in [-0.1, -0.05) is 12.8 Å². The first-order valence-corrected chi connectivity index (χ1v) is 6.84. The summed E-state index contributed by atoms with van der Waals surface area (Å²) in [6, 6.07) is 0.428. The molecule has 2 aliphatic rings. The van der Waals surface area contributed by atoms with Crippen LogP contribution in [0.25, 0.3) is 0 Å². The highest BCUT2D eigenvalue weighted by Gasteiger charge is 2.39. The predicted molar refractivity (Wildman–Crippen MR) is 69.1 cm³/mol. The van der Waals surface area contributed by atoms with Crippen LogP contribution in [0.15, 0.2) is 0 Å². The fraction of sp³-hybridized carbons (Fsp3) is 0.923. The van der Waals surface area contributed by atoms with Crippen molar-refractivity contribution < 1.29 is 4.79 Å². The lowest BCUT2D eigenvalue weighted by molar-refractivity contribution is 0.0624. The standard InChI is InChI=1S/C13H25N3O/c1-16(2)13(8-5-9-13)10-14-12(17)15-11-6-3-4-7-11/h11H,3-10H2,1-2H3,(H2,14,15,17). The van der Waals surface area contributed by atoms with Gasteiger partial charge in [0.1, 0.15) is 0 Å². The number of rotatable bonds is 4. The maximum absolute atomic E-state index is 11.8. The number of urea groups is 1. The molecule has 17 heavy (non-hydrogen) atoms. The molecule has 0 aromatic heterocycles. The highest BCUT2D eigenvalue weighted by molar-refractivity contribution is 5.74. The first-order valence-electron chi connectivity index (χ1n) is 6.84. The molecule has 98 valence electrons. The molecule has 0 atom stereocenters. The number of nitrogens with zero attached hydrogens (tertiary/aromatic N) is 1. The highest BCUT2D eigenvalue weighted by atomic mass is 16.2. The van der Waals surface area contributed by atoms with Crippen LogP contribution in [-0.4, -0.2) is 43.2 Å². The number of nitrogens with one attached hydrogen (secondary N) is 2. The van der Waals surface area contributed by atoms with E-state index in [1.807, 2.05) is 0 Å². The van der Waals surface area contributed by atoms with E-state index in [0.717, 1.165) is 19.4 Å². The molecular weight excluding hydrogens is 214 g/mol. The van der Waals surface area contributed by atoms with Crippen molar-refractivity contribution in [2.75, 3.05) is 20.6 Å². The van der Waals surface area contributed by atoms with Crippen LogP contribution in [0, 0.1) is 0 Å². The van der Waals surface area contributed by atoms with Crippen LogP contribution in [0.1, 0.15) is 44.9 Å². The third kappa shape index (κ3) is 2.92. The van der Waals surface area contributed by atoms with Gasteiger partial charge >= 0.3 is 6.03 Å². The molecule has 0 aliphatic heterocycles. The number of carbonyl (C=O) groups excluding carboxylic acids is 1. The van der Waals surface area contributed by atoms with Crippen LogP contribution < -0.4 is 10.6 Å². The van der Waals surface area contributed by atoms with Gasteiger partial charge in [-0.25, -0.2) is 4.79 Å². The van der Waals surface area contributed by atoms with E-state index in [4.69, 9.17) is 0 Å². The Labute approximate surface area is 104 Å². The lowest BCUT2D eigenvalue weighted by Crippen LogP contribution is -2.58. The van der Waals surface area contributed by atoms with Gasteiger partial charge in [-0.2, -0.15) is 0 Å². The summed E-state index contributed by atoms with van der Waals surface area (Å²) in [6.45, 7) is 0.776. The Bertz CT molecular complexity index is 268. The summed E-state index contributed by atoms with van der Waals surface area (Å²) in [7, 11) is 4.21. The Morgan fingerprint density at radius 3 is 2.35 bits per heavy atom. The zero-order chi connectivity index (χ0) is 12.3. The fourth-order valence-electron chi connectivity index (χ4n) is 2.92. The summed E-state index contributed by atoms with van der Waals surface area (Å²) >= 11 is 0. The predicted octanol–water partition coefficient (Wildman–Crippen LogP) is 1.71. The summed E-state index contributed by atoms with van der Waals surface area (Å²) in [6.07, 6.45) is 8.48. The van der Waals surface area contributed by atoms with Crippen LogP contribution in [0.2, 0.25) is 0 Å². The second-order valence-corrected chi connectivity index (χ2v) is 5.78. The molecule has 0 bridgehead atoms. The van der Waals surface area contributed by atoms with Gasteiger partial charge in [-0.15, -0.1) is 0 Å².